The average Bonchev–Trinajstić information content (AvgIpc) is 2.85. The maximum atomic E-state index is 13.3. The van der Waals surface area contributed by atoms with Gasteiger partial charge in [0.15, 0.2) is 0 Å². The molecule has 0 aromatic heterocycles. The first kappa shape index (κ1) is 25.9. The van der Waals surface area contributed by atoms with Gasteiger partial charge < -0.3 is 28.7 Å². The largest absolute Gasteiger partial charge is 0.493 e. The van der Waals surface area contributed by atoms with Gasteiger partial charge in [-0.3, -0.25) is 9.59 Å². The Morgan fingerprint density at radius 1 is 1.03 bits per heavy atom. The SMILES string of the molecule is CO[C@H]1CN(C)C(=O)c2cc(C#N)ccc2OCC[C@H]2CC[C@@H](OC)[C@@H](CN(C)C(=O)[C@@H]1C)O2. The van der Waals surface area contributed by atoms with Crippen molar-refractivity contribution in [3.8, 4) is 11.8 Å². The van der Waals surface area contributed by atoms with Gasteiger partial charge in [-0.2, -0.15) is 5.26 Å². The highest BCUT2D eigenvalue weighted by atomic mass is 16.5. The number of carbonyl (C=O) groups is 2. The van der Waals surface area contributed by atoms with Crippen LogP contribution in [0.25, 0.3) is 0 Å². The Balaban J connectivity index is 1.93. The second-order valence-electron chi connectivity index (χ2n) is 9.08. The number of rotatable bonds is 2. The molecule has 2 bridgehead atoms. The van der Waals surface area contributed by atoms with E-state index in [1.165, 1.54) is 18.1 Å². The van der Waals surface area contributed by atoms with Crippen LogP contribution in [0, 0.1) is 17.2 Å². The number of nitriles is 1. The number of nitrogens with zero attached hydrogens (tertiary/aromatic N) is 3. The molecule has 2 aliphatic heterocycles. The van der Waals surface area contributed by atoms with Crippen molar-refractivity contribution in [1.82, 2.24) is 9.80 Å². The smallest absolute Gasteiger partial charge is 0.257 e. The quantitative estimate of drug-likeness (QED) is 0.648. The zero-order valence-corrected chi connectivity index (χ0v) is 20.7. The third-order valence-corrected chi connectivity index (χ3v) is 6.77. The fraction of sp³-hybridized carbons (Fsp3) is 0.640. The van der Waals surface area contributed by atoms with E-state index in [0.29, 0.717) is 36.4 Å². The molecule has 9 heteroatoms. The first-order valence-electron chi connectivity index (χ1n) is 11.7. The van der Waals surface area contributed by atoms with Gasteiger partial charge in [-0.1, -0.05) is 6.92 Å². The molecule has 0 N–H and O–H groups in total. The van der Waals surface area contributed by atoms with E-state index in [4.69, 9.17) is 18.9 Å². The summed E-state index contributed by atoms with van der Waals surface area (Å²) in [6, 6.07) is 6.90. The molecule has 1 fully saturated rings. The lowest BCUT2D eigenvalue weighted by atomic mass is 9.97. The van der Waals surface area contributed by atoms with Crippen molar-refractivity contribution in [2.75, 3.05) is 48.0 Å². The number of fused-ring (bicyclic) bond motifs is 3. The van der Waals surface area contributed by atoms with E-state index in [-0.39, 0.29) is 36.7 Å². The van der Waals surface area contributed by atoms with Gasteiger partial charge in [-0.25, -0.2) is 0 Å². The zero-order chi connectivity index (χ0) is 24.8. The minimum Gasteiger partial charge on any atom is -0.493 e. The van der Waals surface area contributed by atoms with Crippen LogP contribution in [0.4, 0.5) is 0 Å². The summed E-state index contributed by atoms with van der Waals surface area (Å²) in [5, 5.41) is 9.33. The third kappa shape index (κ3) is 5.87. The van der Waals surface area contributed by atoms with E-state index in [0.717, 1.165) is 12.8 Å². The number of amides is 2. The van der Waals surface area contributed by atoms with Crippen LogP contribution >= 0.6 is 0 Å². The molecule has 0 spiro atoms. The summed E-state index contributed by atoms with van der Waals surface area (Å²) in [4.78, 5) is 29.7. The summed E-state index contributed by atoms with van der Waals surface area (Å²) < 4.78 is 23.6. The fourth-order valence-corrected chi connectivity index (χ4v) is 4.64. The molecule has 186 valence electrons. The van der Waals surface area contributed by atoms with Crippen LogP contribution in [0.5, 0.6) is 5.75 Å². The predicted octanol–water partition coefficient (Wildman–Crippen LogP) is 2.08. The average molecular weight is 474 g/mol. The minimum atomic E-state index is -0.515. The number of likely N-dealkylation sites (N-methyl/N-ethyl adjacent to an activating group) is 2. The summed E-state index contributed by atoms with van der Waals surface area (Å²) in [6.45, 7) is 2.77. The third-order valence-electron chi connectivity index (χ3n) is 6.77. The normalized spacial score (nSPS) is 29.2. The van der Waals surface area contributed by atoms with Crippen LogP contribution in [-0.4, -0.2) is 94.0 Å². The van der Waals surface area contributed by atoms with Crippen LogP contribution in [0.15, 0.2) is 18.2 Å². The van der Waals surface area contributed by atoms with Gasteiger partial charge in [0.05, 0.1) is 48.0 Å². The number of ether oxygens (including phenoxy) is 4. The number of hydrogen-bond acceptors (Lipinski definition) is 7. The maximum absolute atomic E-state index is 13.3. The Kier molecular flexibility index (Phi) is 8.89. The standard InChI is InChI=1S/C25H35N3O6/c1-16-22(32-5)14-28(3)25(30)19-12-17(13-26)6-8-20(19)33-11-10-18-7-9-21(31-4)23(34-18)15-27(2)24(16)29/h6,8,12,16,18,21-23H,7,9-11,14-15H2,1-5H3/t16-,18-,21-,22+,23-/m1/s1. The fourth-order valence-electron chi connectivity index (χ4n) is 4.64. The molecule has 1 aromatic carbocycles. The first-order chi connectivity index (χ1) is 16.3. The lowest BCUT2D eigenvalue weighted by molar-refractivity contribution is -0.154. The molecule has 34 heavy (non-hydrogen) atoms. The van der Waals surface area contributed by atoms with Crippen LogP contribution in [0.1, 0.15) is 42.1 Å². The van der Waals surface area contributed by atoms with Crippen molar-refractivity contribution < 1.29 is 28.5 Å². The van der Waals surface area contributed by atoms with E-state index in [1.54, 1.807) is 45.2 Å². The van der Waals surface area contributed by atoms with Gasteiger partial charge >= 0.3 is 0 Å². The second-order valence-corrected chi connectivity index (χ2v) is 9.08. The summed E-state index contributed by atoms with van der Waals surface area (Å²) in [6.07, 6.45) is 1.39. The Labute approximate surface area is 201 Å². The highest BCUT2D eigenvalue weighted by Crippen LogP contribution is 2.27. The summed E-state index contributed by atoms with van der Waals surface area (Å²) >= 11 is 0. The van der Waals surface area contributed by atoms with Gasteiger partial charge in [0.25, 0.3) is 5.91 Å². The number of benzene rings is 1. The van der Waals surface area contributed by atoms with E-state index in [2.05, 4.69) is 6.07 Å². The van der Waals surface area contributed by atoms with Gasteiger partial charge in [-0.15, -0.1) is 0 Å². The first-order valence-corrected chi connectivity index (χ1v) is 11.7. The van der Waals surface area contributed by atoms with Crippen LogP contribution in [0.2, 0.25) is 0 Å². The van der Waals surface area contributed by atoms with Crippen molar-refractivity contribution in [2.45, 2.75) is 50.6 Å². The Hall–Kier alpha value is -2.67. The van der Waals surface area contributed by atoms with Gasteiger partial charge in [0.2, 0.25) is 5.91 Å². The van der Waals surface area contributed by atoms with Crippen molar-refractivity contribution in [3.05, 3.63) is 29.3 Å². The van der Waals surface area contributed by atoms with Crippen molar-refractivity contribution >= 4 is 11.8 Å². The Bertz CT molecular complexity index is 916. The van der Waals surface area contributed by atoms with E-state index < -0.39 is 12.0 Å². The summed E-state index contributed by atoms with van der Waals surface area (Å²) in [5.41, 5.74) is 0.678. The van der Waals surface area contributed by atoms with Crippen molar-refractivity contribution in [1.29, 1.82) is 5.26 Å². The number of hydrogen-bond donors (Lipinski definition) is 0. The predicted molar refractivity (Wildman–Crippen MR) is 125 cm³/mol. The van der Waals surface area contributed by atoms with E-state index >= 15 is 0 Å². The van der Waals surface area contributed by atoms with Gasteiger partial charge in [0, 0.05) is 47.8 Å². The van der Waals surface area contributed by atoms with Crippen LogP contribution < -0.4 is 4.74 Å². The molecule has 3 rings (SSSR count). The van der Waals surface area contributed by atoms with Gasteiger partial charge in [-0.05, 0) is 31.0 Å². The highest BCUT2D eigenvalue weighted by molar-refractivity contribution is 5.97. The molecule has 0 aliphatic carbocycles. The molecule has 2 amide bonds. The zero-order valence-electron chi connectivity index (χ0n) is 20.7. The lowest BCUT2D eigenvalue weighted by Gasteiger charge is -2.38. The Morgan fingerprint density at radius 2 is 1.76 bits per heavy atom. The molecular formula is C25H35N3O6. The molecule has 2 aliphatic rings. The van der Waals surface area contributed by atoms with Crippen LogP contribution in [0.3, 0.4) is 0 Å². The van der Waals surface area contributed by atoms with E-state index in [9.17, 15) is 14.9 Å². The minimum absolute atomic E-state index is 0.0443. The summed E-state index contributed by atoms with van der Waals surface area (Å²) in [5.74, 6) is -0.454. The van der Waals surface area contributed by atoms with Gasteiger partial charge in [0.1, 0.15) is 11.9 Å². The molecule has 0 radical (unpaired) electrons. The molecule has 1 saturated heterocycles. The topological polar surface area (TPSA) is 101 Å². The monoisotopic (exact) mass is 473 g/mol. The molecule has 0 unspecified atom stereocenters. The highest BCUT2D eigenvalue weighted by Gasteiger charge is 2.35. The summed E-state index contributed by atoms with van der Waals surface area (Å²) in [7, 11) is 6.61. The molecule has 9 nitrogen and oxygen atoms in total. The Morgan fingerprint density at radius 3 is 2.44 bits per heavy atom. The molecular weight excluding hydrogens is 438 g/mol. The maximum Gasteiger partial charge on any atom is 0.257 e. The van der Waals surface area contributed by atoms with Crippen molar-refractivity contribution in [3.63, 3.8) is 0 Å². The molecule has 1 aromatic rings. The molecule has 5 atom stereocenters. The van der Waals surface area contributed by atoms with Crippen LogP contribution in [-0.2, 0) is 19.0 Å². The van der Waals surface area contributed by atoms with E-state index in [1.807, 2.05) is 0 Å². The second kappa shape index (κ2) is 11.6. The lowest BCUT2D eigenvalue weighted by Crippen LogP contribution is -2.50. The molecule has 0 saturated carbocycles. The molecule has 2 heterocycles. The number of carbonyl (C=O) groups excluding carboxylic acids is 2. The number of methoxy groups -OCH3 is 2. The van der Waals surface area contributed by atoms with Crippen molar-refractivity contribution in [2.24, 2.45) is 5.92 Å².